The molecule has 0 atom stereocenters. The van der Waals surface area contributed by atoms with E-state index >= 15 is 0 Å². The summed E-state index contributed by atoms with van der Waals surface area (Å²) in [6, 6.07) is 25.2. The molecule has 36 heavy (non-hydrogen) atoms. The molecule has 1 amide bonds. The molecule has 0 aliphatic carbocycles. The molecule has 4 aromatic rings. The van der Waals surface area contributed by atoms with Gasteiger partial charge in [-0.3, -0.25) is 9.59 Å². The molecule has 0 radical (unpaired) electrons. The second-order valence-electron chi connectivity index (χ2n) is 7.75. The van der Waals surface area contributed by atoms with Crippen molar-refractivity contribution in [1.29, 1.82) is 0 Å². The number of H-pyrrole nitrogens is 1. The highest BCUT2D eigenvalue weighted by Crippen LogP contribution is 2.34. The first-order valence-corrected chi connectivity index (χ1v) is 12.9. The minimum atomic E-state index is -0.544. The Balaban J connectivity index is 1.62. The molecule has 3 aromatic carbocycles. The fraction of sp³-hybridized carbons (Fsp3) is 0.107. The van der Waals surface area contributed by atoms with Crippen LogP contribution in [-0.2, 0) is 11.3 Å². The average Bonchev–Trinajstić information content (AvgIpc) is 3.32. The zero-order valence-electron chi connectivity index (χ0n) is 19.4. The number of carbonyl (C=O) groups excluding carboxylic acids is 3. The van der Waals surface area contributed by atoms with E-state index in [9.17, 15) is 14.4 Å². The van der Waals surface area contributed by atoms with E-state index in [0.717, 1.165) is 10.0 Å². The van der Waals surface area contributed by atoms with E-state index in [-0.39, 0.29) is 29.6 Å². The molecule has 1 aromatic heterocycles. The van der Waals surface area contributed by atoms with Gasteiger partial charge in [0.25, 0.3) is 5.91 Å². The van der Waals surface area contributed by atoms with Crippen LogP contribution in [-0.4, -0.2) is 29.3 Å². The highest BCUT2D eigenvalue weighted by molar-refractivity contribution is 9.10. The van der Waals surface area contributed by atoms with Crippen LogP contribution in [0.3, 0.4) is 0 Å². The lowest BCUT2D eigenvalue weighted by atomic mass is 10.1. The summed E-state index contributed by atoms with van der Waals surface area (Å²) in [5.41, 5.74) is 2.42. The number of ketones is 1. The van der Waals surface area contributed by atoms with Gasteiger partial charge >= 0.3 is 5.97 Å². The number of rotatable bonds is 9. The van der Waals surface area contributed by atoms with Gasteiger partial charge < -0.3 is 15.0 Å². The van der Waals surface area contributed by atoms with E-state index in [0.29, 0.717) is 27.6 Å². The number of hydrogen-bond acceptors (Lipinski definition) is 5. The maximum absolute atomic E-state index is 13.1. The molecule has 0 saturated carbocycles. The average molecular weight is 563 g/mol. The largest absolute Gasteiger partial charge is 0.462 e. The molecule has 0 spiro atoms. The summed E-state index contributed by atoms with van der Waals surface area (Å²) in [6.45, 7) is 2.31. The van der Waals surface area contributed by atoms with E-state index in [1.165, 1.54) is 17.8 Å². The van der Waals surface area contributed by atoms with Crippen molar-refractivity contribution in [3.63, 3.8) is 0 Å². The monoisotopic (exact) mass is 562 g/mol. The number of esters is 1. The number of aromatic nitrogens is 1. The minimum Gasteiger partial charge on any atom is -0.462 e. The molecule has 0 aliphatic rings. The number of ether oxygens (including phenoxy) is 1. The predicted octanol–water partition coefficient (Wildman–Crippen LogP) is 6.27. The van der Waals surface area contributed by atoms with Crippen LogP contribution in [0.2, 0.25) is 0 Å². The van der Waals surface area contributed by atoms with Crippen molar-refractivity contribution in [3.8, 4) is 0 Å². The summed E-state index contributed by atoms with van der Waals surface area (Å²) in [7, 11) is 0. The maximum Gasteiger partial charge on any atom is 0.340 e. The molecule has 4 rings (SSSR count). The highest BCUT2D eigenvalue weighted by atomic mass is 79.9. The van der Waals surface area contributed by atoms with E-state index in [4.69, 9.17) is 4.74 Å². The van der Waals surface area contributed by atoms with Crippen LogP contribution in [0, 0.1) is 0 Å². The van der Waals surface area contributed by atoms with Gasteiger partial charge in [0.15, 0.2) is 0 Å². The summed E-state index contributed by atoms with van der Waals surface area (Å²) in [5.74, 6) is -1.04. The number of nitrogens with one attached hydrogen (secondary N) is 2. The Bertz CT molecular complexity index is 1380. The highest BCUT2D eigenvalue weighted by Gasteiger charge is 2.23. The van der Waals surface area contributed by atoms with E-state index in [2.05, 4.69) is 26.2 Å². The number of aromatic amines is 1. The number of benzene rings is 3. The third-order valence-electron chi connectivity index (χ3n) is 5.27. The van der Waals surface area contributed by atoms with Gasteiger partial charge in [-0.25, -0.2) is 4.79 Å². The molecule has 0 bridgehead atoms. The van der Waals surface area contributed by atoms with Crippen LogP contribution < -0.4 is 5.32 Å². The fourth-order valence-corrected chi connectivity index (χ4v) is 4.80. The molecular weight excluding hydrogens is 540 g/mol. The second-order valence-corrected chi connectivity index (χ2v) is 9.72. The van der Waals surface area contributed by atoms with Crippen LogP contribution in [0.4, 0.5) is 0 Å². The molecule has 182 valence electrons. The molecule has 2 N–H and O–H groups in total. The Hall–Kier alpha value is -3.62. The smallest absolute Gasteiger partial charge is 0.340 e. The lowest BCUT2D eigenvalue weighted by Gasteiger charge is -2.10. The van der Waals surface area contributed by atoms with Gasteiger partial charge in [-0.2, -0.15) is 0 Å². The molecule has 0 aliphatic heterocycles. The Kier molecular flexibility index (Phi) is 8.40. The van der Waals surface area contributed by atoms with Crippen LogP contribution in [0.1, 0.15) is 49.3 Å². The van der Waals surface area contributed by atoms with Gasteiger partial charge in [0.2, 0.25) is 5.78 Å². The summed E-state index contributed by atoms with van der Waals surface area (Å²) in [6.07, 6.45) is 0. The molecule has 0 saturated heterocycles. The van der Waals surface area contributed by atoms with Crippen LogP contribution in [0.5, 0.6) is 0 Å². The molecule has 0 fully saturated rings. The van der Waals surface area contributed by atoms with E-state index < -0.39 is 5.97 Å². The van der Waals surface area contributed by atoms with Crippen molar-refractivity contribution in [1.82, 2.24) is 10.3 Å². The summed E-state index contributed by atoms with van der Waals surface area (Å²) >= 11 is 4.57. The van der Waals surface area contributed by atoms with Crippen molar-refractivity contribution in [2.24, 2.45) is 0 Å². The molecule has 8 heteroatoms. The number of hydrogen-bond donors (Lipinski definition) is 2. The summed E-state index contributed by atoms with van der Waals surface area (Å²) < 4.78 is 6.07. The summed E-state index contributed by atoms with van der Waals surface area (Å²) in [5, 5.41) is 3.36. The van der Waals surface area contributed by atoms with Crippen molar-refractivity contribution >= 4 is 45.4 Å². The molecular formula is C28H23BrN2O4S. The predicted molar refractivity (Wildman–Crippen MR) is 143 cm³/mol. The van der Waals surface area contributed by atoms with Gasteiger partial charge in [0.05, 0.1) is 28.5 Å². The third-order valence-corrected chi connectivity index (χ3v) is 6.90. The fourth-order valence-electron chi connectivity index (χ4n) is 3.48. The van der Waals surface area contributed by atoms with E-state index in [1.807, 2.05) is 36.4 Å². The quantitative estimate of drug-likeness (QED) is 0.185. The van der Waals surface area contributed by atoms with Crippen molar-refractivity contribution in [2.45, 2.75) is 23.4 Å². The lowest BCUT2D eigenvalue weighted by molar-refractivity contribution is 0.0522. The zero-order chi connectivity index (χ0) is 25.5. The van der Waals surface area contributed by atoms with Crippen LogP contribution in [0.15, 0.2) is 99.3 Å². The Morgan fingerprint density at radius 3 is 2.33 bits per heavy atom. The molecule has 0 unspecified atom stereocenters. The third kappa shape index (κ3) is 6.13. The first-order chi connectivity index (χ1) is 17.5. The first kappa shape index (κ1) is 25.5. The van der Waals surface area contributed by atoms with Crippen molar-refractivity contribution in [3.05, 3.63) is 117 Å². The van der Waals surface area contributed by atoms with Gasteiger partial charge in [0.1, 0.15) is 0 Å². The number of halogens is 1. The molecule has 1 heterocycles. The maximum atomic E-state index is 13.1. The van der Waals surface area contributed by atoms with Gasteiger partial charge in [-0.1, -0.05) is 70.2 Å². The van der Waals surface area contributed by atoms with E-state index in [1.54, 1.807) is 49.4 Å². The molecule has 6 nitrogen and oxygen atoms in total. The second kappa shape index (κ2) is 11.9. The topological polar surface area (TPSA) is 88.3 Å². The lowest BCUT2D eigenvalue weighted by Crippen LogP contribution is -2.23. The Morgan fingerprint density at radius 2 is 1.61 bits per heavy atom. The standard InChI is InChI=1S/C28H23BrN2O4S/c1-2-35-28(34)22-16-23(25(32)19-12-14-20(29)15-13-19)31-27(22)36-24-11-7-6-10-21(24)26(33)30-17-18-8-4-3-5-9-18/h3-16,31H,2,17H2,1H3,(H,30,33). The first-order valence-electron chi connectivity index (χ1n) is 11.3. The number of amides is 1. The van der Waals surface area contributed by atoms with Gasteiger partial charge in [-0.05, 0) is 55.0 Å². The Morgan fingerprint density at radius 1 is 0.917 bits per heavy atom. The van der Waals surface area contributed by atoms with Gasteiger partial charge in [0, 0.05) is 21.5 Å². The minimum absolute atomic E-state index is 0.197. The van der Waals surface area contributed by atoms with Crippen molar-refractivity contribution < 1.29 is 19.1 Å². The van der Waals surface area contributed by atoms with Crippen LogP contribution in [0.25, 0.3) is 0 Å². The zero-order valence-corrected chi connectivity index (χ0v) is 21.8. The van der Waals surface area contributed by atoms with Crippen molar-refractivity contribution in [2.75, 3.05) is 6.61 Å². The summed E-state index contributed by atoms with van der Waals surface area (Å²) in [4.78, 5) is 42.5. The van der Waals surface area contributed by atoms with Gasteiger partial charge in [-0.15, -0.1) is 0 Å². The normalized spacial score (nSPS) is 10.6. The van der Waals surface area contributed by atoms with Crippen LogP contribution >= 0.6 is 27.7 Å². The Labute approximate surface area is 221 Å². The number of carbonyl (C=O) groups is 3. The SMILES string of the molecule is CCOC(=O)c1cc(C(=O)c2ccc(Br)cc2)[nH]c1Sc1ccccc1C(=O)NCc1ccccc1.